The quantitative estimate of drug-likeness (QED) is 0.901. The maximum absolute atomic E-state index is 12.0. The molecular formula is C15H23N3O. The van der Waals surface area contributed by atoms with E-state index in [1.165, 1.54) is 5.56 Å². The Kier molecular flexibility index (Phi) is 4.80. The van der Waals surface area contributed by atoms with Gasteiger partial charge in [-0.3, -0.25) is 0 Å². The average Bonchev–Trinajstić information content (AvgIpc) is 2.45. The normalized spacial score (nSPS) is 16.4. The third kappa shape index (κ3) is 3.96. The number of nitrogens with one attached hydrogen (secondary N) is 1. The van der Waals surface area contributed by atoms with Crippen molar-refractivity contribution < 1.29 is 4.79 Å². The Morgan fingerprint density at radius 2 is 2.00 bits per heavy atom. The van der Waals surface area contributed by atoms with E-state index in [4.69, 9.17) is 0 Å². The van der Waals surface area contributed by atoms with Gasteiger partial charge in [0.05, 0.1) is 0 Å². The van der Waals surface area contributed by atoms with E-state index < -0.39 is 0 Å². The first-order chi connectivity index (χ1) is 9.19. The van der Waals surface area contributed by atoms with Gasteiger partial charge < -0.3 is 15.1 Å². The summed E-state index contributed by atoms with van der Waals surface area (Å²) < 4.78 is 0. The number of urea groups is 1. The molecule has 0 aliphatic carbocycles. The molecule has 2 amide bonds. The van der Waals surface area contributed by atoms with E-state index in [9.17, 15) is 4.79 Å². The van der Waals surface area contributed by atoms with Crippen LogP contribution in [-0.4, -0.2) is 48.6 Å². The SMILES string of the molecule is CCN1CCN(C(=O)NCc2cccc(C)c2)CC1. The topological polar surface area (TPSA) is 35.6 Å². The smallest absolute Gasteiger partial charge is 0.317 e. The molecule has 0 aromatic heterocycles. The molecule has 4 heteroatoms. The molecule has 1 aromatic carbocycles. The maximum Gasteiger partial charge on any atom is 0.317 e. The standard InChI is InChI=1S/C15H23N3O/c1-3-17-7-9-18(10-8-17)15(19)16-12-14-6-4-5-13(2)11-14/h4-6,11H,3,7-10,12H2,1-2H3,(H,16,19). The summed E-state index contributed by atoms with van der Waals surface area (Å²) in [5, 5.41) is 3.00. The zero-order valence-corrected chi connectivity index (χ0v) is 11.9. The number of amides is 2. The molecule has 104 valence electrons. The molecule has 0 bridgehead atoms. The second-order valence-electron chi connectivity index (χ2n) is 5.07. The van der Waals surface area contributed by atoms with Crippen molar-refractivity contribution in [1.29, 1.82) is 0 Å². The van der Waals surface area contributed by atoms with Gasteiger partial charge in [0.25, 0.3) is 0 Å². The van der Waals surface area contributed by atoms with Crippen molar-refractivity contribution in [3.8, 4) is 0 Å². The summed E-state index contributed by atoms with van der Waals surface area (Å²) in [7, 11) is 0. The van der Waals surface area contributed by atoms with Gasteiger partial charge in [0.2, 0.25) is 0 Å². The number of benzene rings is 1. The van der Waals surface area contributed by atoms with Crippen molar-refractivity contribution in [2.24, 2.45) is 0 Å². The van der Waals surface area contributed by atoms with Gasteiger partial charge in [0.15, 0.2) is 0 Å². The van der Waals surface area contributed by atoms with Crippen LogP contribution in [-0.2, 0) is 6.54 Å². The Morgan fingerprint density at radius 3 is 2.63 bits per heavy atom. The van der Waals surface area contributed by atoms with Gasteiger partial charge in [-0.2, -0.15) is 0 Å². The lowest BCUT2D eigenvalue weighted by atomic mass is 10.1. The summed E-state index contributed by atoms with van der Waals surface area (Å²) in [6.45, 7) is 9.51. The molecule has 1 saturated heterocycles. The van der Waals surface area contributed by atoms with Crippen LogP contribution in [0.15, 0.2) is 24.3 Å². The van der Waals surface area contributed by atoms with Gasteiger partial charge in [-0.1, -0.05) is 36.8 Å². The molecule has 1 heterocycles. The fourth-order valence-electron chi connectivity index (χ4n) is 2.38. The Balaban J connectivity index is 1.79. The largest absolute Gasteiger partial charge is 0.334 e. The minimum absolute atomic E-state index is 0.0530. The van der Waals surface area contributed by atoms with Crippen LogP contribution >= 0.6 is 0 Å². The van der Waals surface area contributed by atoms with Gasteiger partial charge in [-0.15, -0.1) is 0 Å². The van der Waals surface area contributed by atoms with E-state index >= 15 is 0 Å². The van der Waals surface area contributed by atoms with Crippen molar-refractivity contribution >= 4 is 6.03 Å². The number of likely N-dealkylation sites (N-methyl/N-ethyl adjacent to an activating group) is 1. The van der Waals surface area contributed by atoms with Crippen LogP contribution in [0.1, 0.15) is 18.1 Å². The minimum Gasteiger partial charge on any atom is -0.334 e. The van der Waals surface area contributed by atoms with Crippen molar-refractivity contribution in [3.63, 3.8) is 0 Å². The molecule has 4 nitrogen and oxygen atoms in total. The predicted octanol–water partition coefficient (Wildman–Crippen LogP) is 1.84. The van der Waals surface area contributed by atoms with Crippen LogP contribution in [0.25, 0.3) is 0 Å². The zero-order chi connectivity index (χ0) is 13.7. The summed E-state index contributed by atoms with van der Waals surface area (Å²) >= 11 is 0. The molecule has 1 aliphatic heterocycles. The summed E-state index contributed by atoms with van der Waals surface area (Å²) in [4.78, 5) is 16.3. The third-order valence-electron chi connectivity index (χ3n) is 3.63. The van der Waals surface area contributed by atoms with E-state index in [1.807, 2.05) is 17.0 Å². The Hall–Kier alpha value is -1.55. The Morgan fingerprint density at radius 1 is 1.26 bits per heavy atom. The summed E-state index contributed by atoms with van der Waals surface area (Å²) in [5.41, 5.74) is 2.38. The molecule has 19 heavy (non-hydrogen) atoms. The third-order valence-corrected chi connectivity index (χ3v) is 3.63. The number of piperazine rings is 1. The van der Waals surface area contributed by atoms with E-state index in [0.29, 0.717) is 6.54 Å². The zero-order valence-electron chi connectivity index (χ0n) is 11.9. The molecule has 0 unspecified atom stereocenters. The molecule has 1 aromatic rings. The lowest BCUT2D eigenvalue weighted by Gasteiger charge is -2.34. The maximum atomic E-state index is 12.0. The van der Waals surface area contributed by atoms with Gasteiger partial charge in [0.1, 0.15) is 0 Å². The Labute approximate surface area is 115 Å². The van der Waals surface area contributed by atoms with Gasteiger partial charge in [0, 0.05) is 32.7 Å². The van der Waals surface area contributed by atoms with E-state index in [1.54, 1.807) is 0 Å². The average molecular weight is 261 g/mol. The highest BCUT2D eigenvalue weighted by Gasteiger charge is 2.19. The van der Waals surface area contributed by atoms with Crippen LogP contribution in [0.5, 0.6) is 0 Å². The Bertz CT molecular complexity index is 425. The molecule has 0 atom stereocenters. The van der Waals surface area contributed by atoms with Crippen LogP contribution < -0.4 is 5.32 Å². The van der Waals surface area contributed by atoms with Gasteiger partial charge >= 0.3 is 6.03 Å². The minimum atomic E-state index is 0.0530. The molecule has 1 N–H and O–H groups in total. The van der Waals surface area contributed by atoms with Crippen LogP contribution in [0, 0.1) is 6.92 Å². The fourth-order valence-corrected chi connectivity index (χ4v) is 2.38. The van der Waals surface area contributed by atoms with Crippen molar-refractivity contribution in [2.75, 3.05) is 32.7 Å². The molecule has 1 aliphatic rings. The highest BCUT2D eigenvalue weighted by Crippen LogP contribution is 2.05. The molecule has 2 rings (SSSR count). The first-order valence-corrected chi connectivity index (χ1v) is 6.99. The summed E-state index contributed by atoms with van der Waals surface area (Å²) in [6.07, 6.45) is 0. The molecular weight excluding hydrogens is 238 g/mol. The number of nitrogens with zero attached hydrogens (tertiary/aromatic N) is 2. The monoisotopic (exact) mass is 261 g/mol. The number of carbonyl (C=O) groups is 1. The van der Waals surface area contributed by atoms with Gasteiger partial charge in [-0.25, -0.2) is 4.79 Å². The van der Waals surface area contributed by atoms with Crippen molar-refractivity contribution in [1.82, 2.24) is 15.1 Å². The van der Waals surface area contributed by atoms with E-state index in [0.717, 1.165) is 38.3 Å². The van der Waals surface area contributed by atoms with Crippen molar-refractivity contribution in [2.45, 2.75) is 20.4 Å². The highest BCUT2D eigenvalue weighted by atomic mass is 16.2. The van der Waals surface area contributed by atoms with E-state index in [-0.39, 0.29) is 6.03 Å². The van der Waals surface area contributed by atoms with Crippen LogP contribution in [0.4, 0.5) is 4.79 Å². The van der Waals surface area contributed by atoms with Gasteiger partial charge in [-0.05, 0) is 19.0 Å². The lowest BCUT2D eigenvalue weighted by molar-refractivity contribution is 0.142. The van der Waals surface area contributed by atoms with Crippen LogP contribution in [0.3, 0.4) is 0 Å². The number of hydrogen-bond donors (Lipinski definition) is 1. The predicted molar refractivity (Wildman–Crippen MR) is 77.1 cm³/mol. The molecule has 0 spiro atoms. The summed E-state index contributed by atoms with van der Waals surface area (Å²) in [6, 6.07) is 8.29. The number of rotatable bonds is 3. The van der Waals surface area contributed by atoms with E-state index in [2.05, 4.69) is 36.2 Å². The first-order valence-electron chi connectivity index (χ1n) is 6.99. The van der Waals surface area contributed by atoms with Crippen LogP contribution in [0.2, 0.25) is 0 Å². The lowest BCUT2D eigenvalue weighted by Crippen LogP contribution is -2.51. The number of carbonyl (C=O) groups excluding carboxylic acids is 1. The first kappa shape index (κ1) is 13.9. The number of hydrogen-bond acceptors (Lipinski definition) is 2. The molecule has 0 saturated carbocycles. The highest BCUT2D eigenvalue weighted by molar-refractivity contribution is 5.74. The summed E-state index contributed by atoms with van der Waals surface area (Å²) in [5.74, 6) is 0. The van der Waals surface area contributed by atoms with Crippen molar-refractivity contribution in [3.05, 3.63) is 35.4 Å². The fraction of sp³-hybridized carbons (Fsp3) is 0.533. The second-order valence-corrected chi connectivity index (χ2v) is 5.07. The second kappa shape index (κ2) is 6.57. The molecule has 0 radical (unpaired) electrons. The number of aryl methyl sites for hydroxylation is 1. The molecule has 1 fully saturated rings.